The number of carbonyl (C=O) groups is 3. The van der Waals surface area contributed by atoms with E-state index in [1.54, 1.807) is 29.2 Å². The Bertz CT molecular complexity index is 935. The minimum absolute atomic E-state index is 0.0766. The van der Waals surface area contributed by atoms with E-state index in [-0.39, 0.29) is 24.9 Å². The monoisotopic (exact) mass is 391 g/mol. The molecule has 0 bridgehead atoms. The van der Waals surface area contributed by atoms with Gasteiger partial charge in [-0.3, -0.25) is 14.4 Å². The highest BCUT2D eigenvalue weighted by atomic mass is 16.5. The van der Waals surface area contributed by atoms with Crippen LogP contribution in [0.25, 0.3) is 0 Å². The maximum atomic E-state index is 12.4. The first-order valence-corrected chi connectivity index (χ1v) is 9.29. The number of hydrogen-bond donors (Lipinski definition) is 1. The predicted molar refractivity (Wildman–Crippen MR) is 105 cm³/mol. The molecule has 29 heavy (non-hydrogen) atoms. The Morgan fingerprint density at radius 3 is 2.55 bits per heavy atom. The zero-order chi connectivity index (χ0) is 20.8. The number of esters is 1. The van der Waals surface area contributed by atoms with Gasteiger partial charge in [0.05, 0.1) is 23.6 Å². The van der Waals surface area contributed by atoms with Gasteiger partial charge in [-0.05, 0) is 36.8 Å². The Labute approximate surface area is 168 Å². The first-order chi connectivity index (χ1) is 14.0. The van der Waals surface area contributed by atoms with Crippen molar-refractivity contribution in [3.63, 3.8) is 0 Å². The third-order valence-electron chi connectivity index (χ3n) is 4.88. The van der Waals surface area contributed by atoms with Crippen LogP contribution >= 0.6 is 0 Å². The summed E-state index contributed by atoms with van der Waals surface area (Å²) < 4.78 is 5.10. The van der Waals surface area contributed by atoms with Crippen molar-refractivity contribution in [2.24, 2.45) is 5.92 Å². The molecule has 1 aliphatic heterocycles. The number of nitrogens with zero attached hydrogens (tertiary/aromatic N) is 2. The van der Waals surface area contributed by atoms with Crippen LogP contribution in [-0.2, 0) is 19.1 Å². The molecule has 1 N–H and O–H groups in total. The first kappa shape index (κ1) is 20.1. The molecular weight excluding hydrogens is 370 g/mol. The van der Waals surface area contributed by atoms with Crippen LogP contribution in [0.15, 0.2) is 54.6 Å². The molecule has 1 aliphatic rings. The van der Waals surface area contributed by atoms with E-state index in [2.05, 4.69) is 5.32 Å². The molecule has 2 amide bonds. The molecule has 3 rings (SSSR count). The van der Waals surface area contributed by atoms with Gasteiger partial charge in [-0.25, -0.2) is 0 Å². The predicted octanol–water partition coefficient (Wildman–Crippen LogP) is 2.65. The lowest BCUT2D eigenvalue weighted by Crippen LogP contribution is -2.30. The number of hydrogen-bond acceptors (Lipinski definition) is 5. The normalized spacial score (nSPS) is 16.8. The van der Waals surface area contributed by atoms with E-state index in [4.69, 9.17) is 10.00 Å². The topological polar surface area (TPSA) is 99.5 Å². The fraction of sp³-hybridized carbons (Fsp3) is 0.273. The van der Waals surface area contributed by atoms with Crippen molar-refractivity contribution >= 4 is 23.5 Å². The van der Waals surface area contributed by atoms with Gasteiger partial charge in [-0.2, -0.15) is 5.26 Å². The average molecular weight is 391 g/mol. The van der Waals surface area contributed by atoms with Gasteiger partial charge in [0.15, 0.2) is 6.61 Å². The maximum Gasteiger partial charge on any atom is 0.311 e. The van der Waals surface area contributed by atoms with Crippen molar-refractivity contribution in [1.29, 1.82) is 5.26 Å². The quantitative estimate of drug-likeness (QED) is 0.763. The first-order valence-electron chi connectivity index (χ1n) is 9.29. The summed E-state index contributed by atoms with van der Waals surface area (Å²) in [6.45, 7) is 1.76. The Morgan fingerprint density at radius 1 is 1.21 bits per heavy atom. The van der Waals surface area contributed by atoms with E-state index >= 15 is 0 Å². The van der Waals surface area contributed by atoms with Gasteiger partial charge in [-0.1, -0.05) is 30.3 Å². The van der Waals surface area contributed by atoms with Crippen LogP contribution in [0, 0.1) is 17.2 Å². The molecule has 2 atom stereocenters. The third-order valence-corrected chi connectivity index (χ3v) is 4.88. The molecule has 7 nitrogen and oxygen atoms in total. The second-order valence-corrected chi connectivity index (χ2v) is 6.88. The van der Waals surface area contributed by atoms with Gasteiger partial charge in [0.25, 0.3) is 5.91 Å². The zero-order valence-corrected chi connectivity index (χ0v) is 16.0. The van der Waals surface area contributed by atoms with E-state index < -0.39 is 24.4 Å². The summed E-state index contributed by atoms with van der Waals surface area (Å²) in [4.78, 5) is 38.3. The van der Waals surface area contributed by atoms with Gasteiger partial charge < -0.3 is 15.0 Å². The summed E-state index contributed by atoms with van der Waals surface area (Å²) in [5.74, 6) is -1.74. The summed E-state index contributed by atoms with van der Waals surface area (Å²) in [6, 6.07) is 17.8. The van der Waals surface area contributed by atoms with Crippen molar-refractivity contribution in [1.82, 2.24) is 4.90 Å². The molecule has 0 aliphatic carbocycles. The van der Waals surface area contributed by atoms with E-state index in [9.17, 15) is 14.4 Å². The fourth-order valence-electron chi connectivity index (χ4n) is 3.26. The number of benzene rings is 2. The number of carbonyl (C=O) groups excluding carboxylic acids is 3. The molecule has 0 spiro atoms. The number of amides is 2. The summed E-state index contributed by atoms with van der Waals surface area (Å²) in [5, 5.41) is 11.4. The number of ether oxygens (including phenoxy) is 1. The lowest BCUT2D eigenvalue weighted by molar-refractivity contribution is -0.151. The lowest BCUT2D eigenvalue weighted by atomic mass is 10.1. The number of anilines is 1. The summed E-state index contributed by atoms with van der Waals surface area (Å²) in [7, 11) is 0. The third kappa shape index (κ3) is 4.99. The number of nitriles is 1. The van der Waals surface area contributed by atoms with Crippen LogP contribution in [0.3, 0.4) is 0 Å². The minimum Gasteiger partial charge on any atom is -0.455 e. The second-order valence-electron chi connectivity index (χ2n) is 6.88. The van der Waals surface area contributed by atoms with Gasteiger partial charge in [0.1, 0.15) is 0 Å². The van der Waals surface area contributed by atoms with Gasteiger partial charge in [0.2, 0.25) is 5.91 Å². The highest BCUT2D eigenvalue weighted by Crippen LogP contribution is 2.29. The van der Waals surface area contributed by atoms with E-state index in [1.807, 2.05) is 43.3 Å². The summed E-state index contributed by atoms with van der Waals surface area (Å²) in [5.41, 5.74) is 1.98. The second kappa shape index (κ2) is 9.02. The maximum absolute atomic E-state index is 12.4. The number of nitrogens with one attached hydrogen (secondary N) is 1. The van der Waals surface area contributed by atoms with E-state index in [1.165, 1.54) is 0 Å². The van der Waals surface area contributed by atoms with Crippen LogP contribution in [0.2, 0.25) is 0 Å². The SMILES string of the molecule is C[C@@H](c1ccccc1)N1C[C@@H](C(=O)OCC(=O)Nc2ccc(C#N)cc2)CC1=O. The zero-order valence-electron chi connectivity index (χ0n) is 16.0. The van der Waals surface area contributed by atoms with Crippen LogP contribution in [0.4, 0.5) is 5.69 Å². The largest absolute Gasteiger partial charge is 0.455 e. The minimum atomic E-state index is -0.587. The molecule has 2 aromatic carbocycles. The summed E-state index contributed by atoms with van der Waals surface area (Å²) >= 11 is 0. The fourth-order valence-corrected chi connectivity index (χ4v) is 3.26. The summed E-state index contributed by atoms with van der Waals surface area (Å²) in [6.07, 6.45) is 0.0766. The molecule has 0 unspecified atom stereocenters. The Balaban J connectivity index is 1.50. The molecule has 2 aromatic rings. The van der Waals surface area contributed by atoms with Crippen molar-refractivity contribution < 1.29 is 19.1 Å². The van der Waals surface area contributed by atoms with Crippen LogP contribution in [-0.4, -0.2) is 35.8 Å². The standard InChI is InChI=1S/C22H21N3O4/c1-15(17-5-3-2-4-6-17)25-13-18(11-21(25)27)22(28)29-14-20(26)24-19-9-7-16(12-23)8-10-19/h2-10,15,18H,11,13-14H2,1H3,(H,24,26)/t15-,18-/m0/s1. The average Bonchev–Trinajstić information content (AvgIpc) is 3.14. The van der Waals surface area contributed by atoms with E-state index in [0.29, 0.717) is 11.3 Å². The number of likely N-dealkylation sites (tertiary alicyclic amines) is 1. The van der Waals surface area contributed by atoms with Gasteiger partial charge in [0, 0.05) is 18.7 Å². The molecule has 1 fully saturated rings. The van der Waals surface area contributed by atoms with Crippen molar-refractivity contribution in [3.8, 4) is 6.07 Å². The molecule has 0 aromatic heterocycles. The van der Waals surface area contributed by atoms with Crippen LogP contribution < -0.4 is 5.32 Å². The Kier molecular flexibility index (Phi) is 6.25. The van der Waals surface area contributed by atoms with Crippen LogP contribution in [0.5, 0.6) is 0 Å². The van der Waals surface area contributed by atoms with Crippen molar-refractivity contribution in [3.05, 3.63) is 65.7 Å². The lowest BCUT2D eigenvalue weighted by Gasteiger charge is -2.25. The molecule has 7 heteroatoms. The van der Waals surface area contributed by atoms with Crippen molar-refractivity contribution in [2.45, 2.75) is 19.4 Å². The van der Waals surface area contributed by atoms with Gasteiger partial charge in [-0.15, -0.1) is 0 Å². The molecular formula is C22H21N3O4. The molecule has 1 heterocycles. The highest BCUT2D eigenvalue weighted by Gasteiger charge is 2.38. The number of rotatable bonds is 6. The van der Waals surface area contributed by atoms with Crippen LogP contribution in [0.1, 0.15) is 30.5 Å². The molecule has 148 valence electrons. The molecule has 1 saturated heterocycles. The van der Waals surface area contributed by atoms with Crippen molar-refractivity contribution in [2.75, 3.05) is 18.5 Å². The Hall–Kier alpha value is -3.66. The van der Waals surface area contributed by atoms with E-state index in [0.717, 1.165) is 5.56 Å². The molecule has 0 saturated carbocycles. The van der Waals surface area contributed by atoms with Gasteiger partial charge >= 0.3 is 5.97 Å². The Morgan fingerprint density at radius 2 is 1.90 bits per heavy atom. The molecule has 0 radical (unpaired) electrons. The smallest absolute Gasteiger partial charge is 0.311 e. The highest BCUT2D eigenvalue weighted by molar-refractivity contribution is 5.93.